The number of likely N-dealkylation sites (N-methyl/N-ethyl adjacent to an activating group) is 1. The third kappa shape index (κ3) is 4.63. The molecule has 33 heavy (non-hydrogen) atoms. The van der Waals surface area contributed by atoms with Gasteiger partial charge in [-0.3, -0.25) is 9.48 Å². The second-order valence-electron chi connectivity index (χ2n) is 7.87. The van der Waals surface area contributed by atoms with Crippen molar-refractivity contribution in [2.75, 3.05) is 32.1 Å². The zero-order valence-electron chi connectivity index (χ0n) is 17.7. The maximum absolute atomic E-state index is 13.5. The van der Waals surface area contributed by atoms with Crippen LogP contribution in [0.2, 0.25) is 0 Å². The Morgan fingerprint density at radius 3 is 2.91 bits per heavy atom. The average molecular weight is 462 g/mol. The van der Waals surface area contributed by atoms with Gasteiger partial charge in [0.1, 0.15) is 18.1 Å². The van der Waals surface area contributed by atoms with Crippen LogP contribution >= 0.6 is 0 Å². The second kappa shape index (κ2) is 9.11. The summed E-state index contributed by atoms with van der Waals surface area (Å²) in [5, 5.41) is 7.14. The lowest BCUT2D eigenvalue weighted by molar-refractivity contribution is -0.0362. The molecule has 0 saturated carbocycles. The van der Waals surface area contributed by atoms with Crippen LogP contribution in [0.1, 0.15) is 21.7 Å². The number of carbonyl (C=O) groups is 2. The molecule has 0 saturated heterocycles. The van der Waals surface area contributed by atoms with Gasteiger partial charge in [0.15, 0.2) is 0 Å². The molecule has 1 aromatic heterocycles. The van der Waals surface area contributed by atoms with E-state index in [1.54, 1.807) is 7.05 Å². The van der Waals surface area contributed by atoms with E-state index in [0.29, 0.717) is 29.9 Å². The van der Waals surface area contributed by atoms with Crippen LogP contribution in [0.3, 0.4) is 0 Å². The summed E-state index contributed by atoms with van der Waals surface area (Å²) in [5.74, 6) is -0.999. The fraction of sp³-hybridized carbons (Fsp3) is 0.429. The monoisotopic (exact) mass is 462 g/mol. The molecule has 0 spiro atoms. The van der Waals surface area contributed by atoms with Crippen LogP contribution in [0.15, 0.2) is 18.2 Å². The summed E-state index contributed by atoms with van der Waals surface area (Å²) in [6, 6.07) is 3.26. The molecule has 1 aromatic carbocycles. The molecule has 174 valence electrons. The summed E-state index contributed by atoms with van der Waals surface area (Å²) in [5.41, 5.74) is 1.66. The number of hydrogen-bond donors (Lipinski definition) is 1. The number of hydrogen-bond acceptors (Lipinski definition) is 4. The molecule has 1 atom stereocenters. The Labute approximate surface area is 187 Å². The van der Waals surface area contributed by atoms with Gasteiger partial charge in [-0.25, -0.2) is 22.8 Å². The minimum Gasteiger partial charge on any atom is -0.369 e. The van der Waals surface area contributed by atoms with Crippen molar-refractivity contribution in [2.45, 2.75) is 32.0 Å². The number of aromatic nitrogens is 2. The number of urea groups is 1. The smallest absolute Gasteiger partial charge is 0.322 e. The Hall–Kier alpha value is -3.59. The first-order valence-electron chi connectivity index (χ1n) is 10.2. The van der Waals surface area contributed by atoms with Gasteiger partial charge in [0.25, 0.3) is 12.3 Å². The molecule has 1 unspecified atom stereocenters. The lowest BCUT2D eigenvalue weighted by Gasteiger charge is -2.27. The number of anilines is 1. The Bertz CT molecular complexity index is 1130. The van der Waals surface area contributed by atoms with Crippen molar-refractivity contribution in [3.63, 3.8) is 0 Å². The summed E-state index contributed by atoms with van der Waals surface area (Å²) in [6.07, 6.45) is -2.84. The predicted molar refractivity (Wildman–Crippen MR) is 111 cm³/mol. The van der Waals surface area contributed by atoms with Gasteiger partial charge in [0.05, 0.1) is 31.5 Å². The van der Waals surface area contributed by atoms with E-state index in [9.17, 15) is 22.8 Å². The maximum Gasteiger partial charge on any atom is 0.322 e. The third-order valence-corrected chi connectivity index (χ3v) is 5.57. The Kier molecular flexibility index (Phi) is 6.24. The van der Waals surface area contributed by atoms with Gasteiger partial charge in [-0.05, 0) is 18.2 Å². The summed E-state index contributed by atoms with van der Waals surface area (Å²) in [6.45, 7) is 7.01. The van der Waals surface area contributed by atoms with Gasteiger partial charge in [-0.15, -0.1) is 0 Å². The van der Waals surface area contributed by atoms with Crippen molar-refractivity contribution < 1.29 is 27.5 Å². The van der Waals surface area contributed by atoms with E-state index in [1.165, 1.54) is 26.6 Å². The van der Waals surface area contributed by atoms with E-state index in [4.69, 9.17) is 11.3 Å². The maximum atomic E-state index is 13.5. The van der Waals surface area contributed by atoms with Crippen molar-refractivity contribution in [1.29, 1.82) is 0 Å². The van der Waals surface area contributed by atoms with Crippen molar-refractivity contribution in [3.05, 3.63) is 52.4 Å². The molecule has 0 bridgehead atoms. The Balaban J connectivity index is 1.53. The van der Waals surface area contributed by atoms with E-state index in [0.717, 1.165) is 6.07 Å². The highest BCUT2D eigenvalue weighted by molar-refractivity contribution is 5.95. The minimum atomic E-state index is -2.61. The molecule has 3 amide bonds. The summed E-state index contributed by atoms with van der Waals surface area (Å²) in [4.78, 5) is 31.8. The molecule has 3 heterocycles. The van der Waals surface area contributed by atoms with Gasteiger partial charge in [0, 0.05) is 37.8 Å². The number of rotatable bonds is 4. The molecule has 1 N–H and O–H groups in total. The van der Waals surface area contributed by atoms with Crippen LogP contribution in [0, 0.1) is 12.4 Å². The number of amides is 3. The highest BCUT2D eigenvalue weighted by Gasteiger charge is 2.35. The number of alkyl halides is 2. The molecule has 12 heteroatoms. The molecule has 9 nitrogen and oxygen atoms in total. The fourth-order valence-electron chi connectivity index (χ4n) is 3.98. The van der Waals surface area contributed by atoms with Crippen LogP contribution in [0.4, 0.5) is 29.3 Å². The summed E-state index contributed by atoms with van der Waals surface area (Å²) in [7, 11) is 1.56. The van der Waals surface area contributed by atoms with E-state index < -0.39 is 31.0 Å². The number of ether oxygens (including phenoxy) is 1. The highest BCUT2D eigenvalue weighted by Crippen LogP contribution is 2.27. The number of carbonyl (C=O) groups excluding carboxylic acids is 2. The lowest BCUT2D eigenvalue weighted by Crippen LogP contribution is -2.40. The number of halogens is 3. The Morgan fingerprint density at radius 1 is 1.39 bits per heavy atom. The first-order valence-corrected chi connectivity index (χ1v) is 10.2. The van der Waals surface area contributed by atoms with Crippen LogP contribution in [0.25, 0.3) is 4.85 Å². The van der Waals surface area contributed by atoms with Crippen LogP contribution < -0.4 is 5.32 Å². The zero-order chi connectivity index (χ0) is 23.7. The molecule has 2 aliphatic rings. The second-order valence-corrected chi connectivity index (χ2v) is 7.87. The minimum absolute atomic E-state index is 0.121. The quantitative estimate of drug-likeness (QED) is 0.709. The highest BCUT2D eigenvalue weighted by atomic mass is 19.3. The molecule has 0 fully saturated rings. The fourth-order valence-corrected chi connectivity index (χ4v) is 3.98. The summed E-state index contributed by atoms with van der Waals surface area (Å²) >= 11 is 0. The zero-order valence-corrected chi connectivity index (χ0v) is 17.7. The van der Waals surface area contributed by atoms with Gasteiger partial charge in [-0.1, -0.05) is 0 Å². The Morgan fingerprint density at radius 2 is 2.18 bits per heavy atom. The lowest BCUT2D eigenvalue weighted by atomic mass is 10.0. The number of nitrogens with zero attached hydrogens (tertiary/aromatic N) is 5. The first kappa shape index (κ1) is 22.6. The largest absolute Gasteiger partial charge is 0.369 e. The van der Waals surface area contributed by atoms with Crippen molar-refractivity contribution in [1.82, 2.24) is 19.6 Å². The third-order valence-electron chi connectivity index (χ3n) is 5.57. The van der Waals surface area contributed by atoms with Crippen LogP contribution in [-0.2, 0) is 24.2 Å². The predicted octanol–water partition coefficient (Wildman–Crippen LogP) is 2.90. The molecule has 0 radical (unpaired) electrons. The molecule has 4 rings (SSSR count). The van der Waals surface area contributed by atoms with E-state index >= 15 is 0 Å². The van der Waals surface area contributed by atoms with Crippen molar-refractivity contribution >= 4 is 23.3 Å². The van der Waals surface area contributed by atoms with Gasteiger partial charge < -0.3 is 19.9 Å². The number of fused-ring (bicyclic) bond motifs is 3. The molecular weight excluding hydrogens is 441 g/mol. The van der Waals surface area contributed by atoms with Gasteiger partial charge in [-0.2, -0.15) is 5.10 Å². The topological polar surface area (TPSA) is 84.1 Å². The molecule has 2 aliphatic heterocycles. The van der Waals surface area contributed by atoms with E-state index in [1.807, 2.05) is 0 Å². The normalized spacial score (nSPS) is 17.9. The van der Waals surface area contributed by atoms with E-state index in [2.05, 4.69) is 15.3 Å². The van der Waals surface area contributed by atoms with Crippen molar-refractivity contribution in [2.24, 2.45) is 0 Å². The molecule has 2 aromatic rings. The summed E-state index contributed by atoms with van der Waals surface area (Å²) < 4.78 is 45.4. The SMILES string of the molecule is [C-]#[N+]c1cc(NC(=O)N2CCc3nn4c(c3C2)C(=O)N(C)CC(OCC(F)F)C4)ccc1F. The molecule has 0 aliphatic carbocycles. The van der Waals surface area contributed by atoms with Gasteiger partial charge >= 0.3 is 6.03 Å². The average Bonchev–Trinajstić information content (AvgIpc) is 3.09. The van der Waals surface area contributed by atoms with Gasteiger partial charge in [0.2, 0.25) is 5.69 Å². The number of nitrogens with one attached hydrogen (secondary N) is 1. The standard InChI is InChI=1S/C21H21F3N6O3/c1-25-17-7-12(3-4-15(17)22)26-21(32)29-6-5-16-14(10-29)19-20(31)28(2)8-13(9-30(19)27-16)33-11-18(23)24/h3-4,7,13,18H,5-6,8-11H2,2H3,(H,26,32). The molecular formula is C21H21F3N6O3. The first-order chi connectivity index (χ1) is 15.8. The van der Waals surface area contributed by atoms with Crippen LogP contribution in [0.5, 0.6) is 0 Å². The van der Waals surface area contributed by atoms with Crippen LogP contribution in [-0.4, -0.2) is 70.8 Å². The van der Waals surface area contributed by atoms with E-state index in [-0.39, 0.29) is 36.9 Å². The number of benzene rings is 1. The van der Waals surface area contributed by atoms with Crippen molar-refractivity contribution in [3.8, 4) is 0 Å².